The van der Waals surface area contributed by atoms with Gasteiger partial charge in [-0.05, 0) is 19.1 Å². The molecule has 1 aliphatic rings. The fraction of sp³-hybridized carbons (Fsp3) is 0.316. The van der Waals surface area contributed by atoms with Crippen LogP contribution in [0.15, 0.2) is 41.8 Å². The van der Waals surface area contributed by atoms with E-state index in [0.29, 0.717) is 0 Å². The molecule has 0 unspecified atom stereocenters. The number of rotatable bonds is 3. The summed E-state index contributed by atoms with van der Waals surface area (Å²) < 4.78 is 65.2. The number of thiazole rings is 1. The third kappa shape index (κ3) is 4.07. The van der Waals surface area contributed by atoms with Crippen LogP contribution < -0.4 is 14.3 Å². The van der Waals surface area contributed by atoms with Crippen LogP contribution in [0.25, 0.3) is 5.69 Å². The predicted octanol–water partition coefficient (Wildman–Crippen LogP) is 3.69. The molecule has 0 N–H and O–H groups in total. The van der Waals surface area contributed by atoms with Gasteiger partial charge < -0.3 is 14.4 Å². The van der Waals surface area contributed by atoms with E-state index in [1.54, 1.807) is 44.3 Å². The molecule has 0 saturated carbocycles. The normalized spacial score (nSPS) is 16.8. The van der Waals surface area contributed by atoms with E-state index < -0.39 is 29.7 Å². The molecule has 0 bridgehead atoms. The topological polar surface area (TPSA) is 73.9 Å². The highest BCUT2D eigenvalue weighted by molar-refractivity contribution is 7.09. The number of ether oxygens (including phenoxy) is 2. The van der Waals surface area contributed by atoms with E-state index in [1.807, 2.05) is 0 Å². The summed E-state index contributed by atoms with van der Waals surface area (Å²) >= 11 is 1.19. The fourth-order valence-corrected chi connectivity index (χ4v) is 3.81. The molecule has 0 atom stereocenters. The van der Waals surface area contributed by atoms with E-state index in [-0.39, 0.29) is 17.0 Å². The first-order chi connectivity index (χ1) is 14.9. The van der Waals surface area contributed by atoms with E-state index in [0.717, 1.165) is 22.6 Å². The number of alkyl halides is 4. The Balaban J connectivity index is 1.65. The summed E-state index contributed by atoms with van der Waals surface area (Å²) in [6, 6.07) is 3.05. The number of carbonyl (C=O) groups is 1. The molecule has 3 aromatic rings. The second kappa shape index (κ2) is 7.65. The van der Waals surface area contributed by atoms with Gasteiger partial charge in [0.2, 0.25) is 0 Å². The zero-order chi connectivity index (χ0) is 23.3. The van der Waals surface area contributed by atoms with Crippen LogP contribution >= 0.6 is 11.3 Å². The Morgan fingerprint density at radius 2 is 1.88 bits per heavy atom. The second-order valence-corrected chi connectivity index (χ2v) is 8.35. The van der Waals surface area contributed by atoms with Gasteiger partial charge in [-0.25, -0.2) is 4.79 Å². The number of hydrogen-bond donors (Lipinski definition) is 0. The van der Waals surface area contributed by atoms with Crippen LogP contribution in [0, 0.1) is 6.92 Å². The highest BCUT2D eigenvalue weighted by Crippen LogP contribution is 2.47. The van der Waals surface area contributed by atoms with E-state index in [2.05, 4.69) is 19.6 Å². The second-order valence-electron chi connectivity index (χ2n) is 7.14. The first-order valence-electron chi connectivity index (χ1n) is 9.20. The lowest BCUT2D eigenvalue weighted by atomic mass is 10.2. The summed E-state index contributed by atoms with van der Waals surface area (Å²) in [6.07, 6.45) is -4.58. The molecule has 170 valence electrons. The number of hydrogen-bond acceptors (Lipinski definition) is 5. The minimum Gasteiger partial charge on any atom is -0.421 e. The maximum absolute atomic E-state index is 13.5. The number of nitrogens with zero attached hydrogens (tertiary/aromatic N) is 5. The van der Waals surface area contributed by atoms with E-state index in [9.17, 15) is 22.4 Å². The molecule has 0 fully saturated rings. The van der Waals surface area contributed by atoms with Crippen LogP contribution in [0.4, 0.5) is 22.4 Å². The van der Waals surface area contributed by atoms with Crippen molar-refractivity contribution in [2.75, 3.05) is 7.05 Å². The number of halogens is 4. The van der Waals surface area contributed by atoms with Gasteiger partial charge in [-0.15, -0.1) is 11.3 Å². The zero-order valence-electron chi connectivity index (χ0n) is 17.1. The molecule has 0 saturated heterocycles. The molecule has 32 heavy (non-hydrogen) atoms. The Morgan fingerprint density at radius 3 is 2.53 bits per heavy atom. The number of carbonyl (C=O) groups excluding carboxylic acids is 1. The van der Waals surface area contributed by atoms with Gasteiger partial charge in [0.15, 0.2) is 16.3 Å². The minimum absolute atomic E-state index is 0.263. The van der Waals surface area contributed by atoms with Crippen LogP contribution in [0.1, 0.15) is 10.4 Å². The molecule has 13 heteroatoms. The Kier molecular flexibility index (Phi) is 5.23. The van der Waals surface area contributed by atoms with Crippen molar-refractivity contribution in [2.24, 2.45) is 12.0 Å². The lowest BCUT2D eigenvalue weighted by Crippen LogP contribution is -2.52. The molecule has 8 nitrogen and oxygen atoms in total. The molecule has 1 aliphatic heterocycles. The van der Waals surface area contributed by atoms with E-state index in [4.69, 9.17) is 0 Å². The lowest BCUT2D eigenvalue weighted by Gasteiger charge is -2.31. The molecule has 2 aromatic heterocycles. The minimum atomic E-state index is -4.83. The van der Waals surface area contributed by atoms with Crippen molar-refractivity contribution in [2.45, 2.75) is 25.7 Å². The number of amides is 2. The SMILES string of the molecule is Cc1cn(-c2ccc3c(c2)OC(F)(F)C(F)(F)O3)/c(=N/C(=O)N(C)Cc2cnn(C)c2)s1. The van der Waals surface area contributed by atoms with Crippen molar-refractivity contribution < 1.29 is 31.8 Å². The summed E-state index contributed by atoms with van der Waals surface area (Å²) in [5, 5.41) is 4.05. The van der Waals surface area contributed by atoms with Crippen LogP contribution in [-0.4, -0.2) is 44.5 Å². The molecule has 4 rings (SSSR count). The van der Waals surface area contributed by atoms with Gasteiger partial charge in [-0.2, -0.15) is 27.7 Å². The van der Waals surface area contributed by atoms with Crippen LogP contribution in [0.3, 0.4) is 0 Å². The average molecular weight is 471 g/mol. The van der Waals surface area contributed by atoms with Crippen molar-refractivity contribution in [3.05, 3.63) is 52.0 Å². The first-order valence-corrected chi connectivity index (χ1v) is 10.0. The average Bonchev–Trinajstić information content (AvgIpc) is 3.26. The van der Waals surface area contributed by atoms with Gasteiger partial charge >= 0.3 is 18.2 Å². The third-order valence-corrected chi connectivity index (χ3v) is 5.38. The monoisotopic (exact) mass is 471 g/mol. The number of benzene rings is 1. The van der Waals surface area contributed by atoms with Gasteiger partial charge in [0.25, 0.3) is 0 Å². The highest BCUT2D eigenvalue weighted by atomic mass is 32.1. The number of aryl methyl sites for hydroxylation is 2. The summed E-state index contributed by atoms with van der Waals surface area (Å²) in [5.74, 6) is -1.08. The summed E-state index contributed by atoms with van der Waals surface area (Å²) in [7, 11) is 3.34. The Bertz CT molecular complexity index is 1250. The largest absolute Gasteiger partial charge is 0.507 e. The lowest BCUT2D eigenvalue weighted by molar-refractivity contribution is -0.391. The van der Waals surface area contributed by atoms with Crippen molar-refractivity contribution in [1.29, 1.82) is 0 Å². The zero-order valence-corrected chi connectivity index (χ0v) is 17.9. The molecular weight excluding hydrogens is 454 g/mol. The van der Waals surface area contributed by atoms with Gasteiger partial charge in [0.1, 0.15) is 0 Å². The standard InChI is InChI=1S/C19H17F4N5O3S/c1-11-8-28(13-4-5-14-15(6-13)31-19(22,23)18(20,21)30-14)17(32-11)25-16(29)26(2)9-12-7-24-27(3)10-12/h4-8,10H,9H2,1-3H3/b25-17-. The number of aromatic nitrogens is 3. The predicted molar refractivity (Wildman–Crippen MR) is 105 cm³/mol. The van der Waals surface area contributed by atoms with Crippen molar-refractivity contribution >= 4 is 17.4 Å². The van der Waals surface area contributed by atoms with Crippen molar-refractivity contribution in [3.63, 3.8) is 0 Å². The summed E-state index contributed by atoms with van der Waals surface area (Å²) in [5.41, 5.74) is 1.09. The highest BCUT2D eigenvalue weighted by Gasteiger charge is 2.65. The van der Waals surface area contributed by atoms with Gasteiger partial charge in [0, 0.05) is 43.0 Å². The summed E-state index contributed by atoms with van der Waals surface area (Å²) in [6.45, 7) is 2.06. The fourth-order valence-electron chi connectivity index (χ4n) is 2.99. The van der Waals surface area contributed by atoms with Gasteiger partial charge in [-0.1, -0.05) is 0 Å². The maximum atomic E-state index is 13.5. The van der Waals surface area contributed by atoms with Crippen LogP contribution in [0.5, 0.6) is 11.5 Å². The molecule has 0 radical (unpaired) electrons. The smallest absolute Gasteiger partial charge is 0.421 e. The number of urea groups is 1. The Hall–Kier alpha value is -3.35. The maximum Gasteiger partial charge on any atom is 0.507 e. The Morgan fingerprint density at radius 1 is 1.19 bits per heavy atom. The summed E-state index contributed by atoms with van der Waals surface area (Å²) in [4.78, 5) is 19.2. The van der Waals surface area contributed by atoms with Crippen LogP contribution in [-0.2, 0) is 13.6 Å². The van der Waals surface area contributed by atoms with E-state index >= 15 is 0 Å². The van der Waals surface area contributed by atoms with Gasteiger partial charge in [0.05, 0.1) is 18.4 Å². The van der Waals surface area contributed by atoms with Gasteiger partial charge in [-0.3, -0.25) is 9.25 Å². The van der Waals surface area contributed by atoms with E-state index in [1.165, 1.54) is 26.9 Å². The molecule has 2 amide bonds. The molecule has 3 heterocycles. The molecular formula is C19H17F4N5O3S. The molecule has 0 spiro atoms. The van der Waals surface area contributed by atoms with Crippen molar-refractivity contribution in [1.82, 2.24) is 19.2 Å². The number of fused-ring (bicyclic) bond motifs is 1. The Labute approximate surface area is 182 Å². The quantitative estimate of drug-likeness (QED) is 0.547. The first kappa shape index (κ1) is 21.9. The third-order valence-electron chi connectivity index (χ3n) is 4.49. The van der Waals surface area contributed by atoms with Crippen molar-refractivity contribution in [3.8, 4) is 17.2 Å². The molecule has 1 aromatic carbocycles. The molecule has 0 aliphatic carbocycles. The van der Waals surface area contributed by atoms with Crippen LogP contribution in [0.2, 0.25) is 0 Å².